The summed E-state index contributed by atoms with van der Waals surface area (Å²) in [5.41, 5.74) is 2.98. The molecule has 3 heterocycles. The predicted molar refractivity (Wildman–Crippen MR) is 156 cm³/mol. The Bertz CT molecular complexity index is 1440. The van der Waals surface area contributed by atoms with E-state index in [9.17, 15) is 4.79 Å². The molecule has 1 N–H and O–H groups in total. The second-order valence-corrected chi connectivity index (χ2v) is 13.2. The van der Waals surface area contributed by atoms with Crippen LogP contribution in [0.1, 0.15) is 59.5 Å². The Morgan fingerprint density at radius 3 is 2.81 bits per heavy atom. The number of thiophene rings is 1. The molecular weight excluding hydrogens is 616 g/mol. The number of nitrogens with one attached hydrogen (secondary N) is 1. The van der Waals surface area contributed by atoms with Gasteiger partial charge in [0.25, 0.3) is 5.91 Å². The highest BCUT2D eigenvalue weighted by Crippen LogP contribution is 2.45. The highest BCUT2D eigenvalue weighted by molar-refractivity contribution is 9.11. The molecule has 0 aliphatic heterocycles. The minimum Gasteiger partial charge on any atom is -0.467 e. The summed E-state index contributed by atoms with van der Waals surface area (Å²) in [4.78, 5) is 19.4. The Morgan fingerprint density at radius 1 is 1.22 bits per heavy atom. The number of amides is 1. The minimum absolute atomic E-state index is 0.117. The van der Waals surface area contributed by atoms with Crippen molar-refractivity contribution in [3.05, 3.63) is 85.2 Å². The summed E-state index contributed by atoms with van der Waals surface area (Å²) in [6.07, 6.45) is 6.24. The van der Waals surface area contributed by atoms with Crippen LogP contribution in [0.4, 0.5) is 5.00 Å². The third-order valence-electron chi connectivity index (χ3n) is 6.83. The number of aliphatic imine (C=N–C) groups is 1. The van der Waals surface area contributed by atoms with E-state index in [1.54, 1.807) is 23.8 Å². The van der Waals surface area contributed by atoms with E-state index in [0.717, 1.165) is 55.9 Å². The lowest BCUT2D eigenvalue weighted by Crippen LogP contribution is -2.28. The lowest BCUT2D eigenvalue weighted by molar-refractivity contribution is 0.0947. The molecule has 8 heteroatoms. The van der Waals surface area contributed by atoms with Crippen LogP contribution in [0.25, 0.3) is 11.3 Å². The zero-order valence-electron chi connectivity index (χ0n) is 20.9. The van der Waals surface area contributed by atoms with Crippen LogP contribution in [0, 0.1) is 11.3 Å². The summed E-state index contributed by atoms with van der Waals surface area (Å²) < 4.78 is 13.4. The van der Waals surface area contributed by atoms with Crippen LogP contribution in [0.3, 0.4) is 0 Å². The van der Waals surface area contributed by atoms with Gasteiger partial charge in [-0.2, -0.15) is 0 Å². The first kappa shape index (κ1) is 26.2. The number of nitrogens with zero attached hydrogens (tertiary/aromatic N) is 1. The minimum atomic E-state index is -0.117. The van der Waals surface area contributed by atoms with E-state index in [0.29, 0.717) is 23.8 Å². The molecule has 37 heavy (non-hydrogen) atoms. The number of carbonyl (C=O) groups is 1. The number of hydrogen-bond acceptors (Lipinski definition) is 5. The molecule has 0 unspecified atom stereocenters. The van der Waals surface area contributed by atoms with Crippen molar-refractivity contribution < 1.29 is 13.6 Å². The third-order valence-corrected chi connectivity index (χ3v) is 9.18. The lowest BCUT2D eigenvalue weighted by Gasteiger charge is -2.33. The van der Waals surface area contributed by atoms with Crippen molar-refractivity contribution in [3.63, 3.8) is 0 Å². The Morgan fingerprint density at radius 2 is 2.05 bits per heavy atom. The van der Waals surface area contributed by atoms with E-state index in [2.05, 4.69) is 57.9 Å². The first-order valence-electron chi connectivity index (χ1n) is 12.2. The maximum Gasteiger partial charge on any atom is 0.255 e. The lowest BCUT2D eigenvalue weighted by atomic mass is 9.72. The molecule has 0 spiro atoms. The van der Waals surface area contributed by atoms with Gasteiger partial charge in [-0.05, 0) is 78.6 Å². The first-order chi connectivity index (χ1) is 17.7. The van der Waals surface area contributed by atoms with Gasteiger partial charge in [0.2, 0.25) is 0 Å². The highest BCUT2D eigenvalue weighted by Gasteiger charge is 2.33. The molecule has 4 aromatic rings. The Hall–Kier alpha value is -2.42. The molecule has 3 aromatic heterocycles. The fourth-order valence-corrected chi connectivity index (χ4v) is 6.75. The second-order valence-electron chi connectivity index (χ2n) is 10.3. The molecule has 1 aromatic carbocycles. The SMILES string of the molecule is CC(C)(C)[C@H]1CCc2c(sc(N=Cc3ccc(-c4cc(Br)ccc4Br)o3)c2C(=O)NCc2ccco2)C1. The largest absolute Gasteiger partial charge is 0.467 e. The van der Waals surface area contributed by atoms with Crippen molar-refractivity contribution in [2.75, 3.05) is 0 Å². The first-order valence-corrected chi connectivity index (χ1v) is 14.6. The standard InChI is InChI=1S/C29H28Br2N2O3S/c1-29(2,3)17-6-9-21-25(13-17)37-28(26(21)27(34)32-15-19-5-4-12-35-19)33-16-20-8-11-24(36-20)22-14-18(30)7-10-23(22)31/h4-5,7-8,10-12,14,16-17H,6,9,13,15H2,1-3H3,(H,32,34)/t17-/m0/s1. The molecule has 0 radical (unpaired) electrons. The summed E-state index contributed by atoms with van der Waals surface area (Å²) in [7, 11) is 0. The van der Waals surface area contributed by atoms with Crippen molar-refractivity contribution in [3.8, 4) is 11.3 Å². The third kappa shape index (κ3) is 5.86. The van der Waals surface area contributed by atoms with E-state index in [4.69, 9.17) is 13.8 Å². The molecule has 192 valence electrons. The number of furan rings is 2. The van der Waals surface area contributed by atoms with E-state index in [1.807, 2.05) is 42.5 Å². The molecule has 1 amide bonds. The van der Waals surface area contributed by atoms with Gasteiger partial charge in [0.15, 0.2) is 0 Å². The zero-order valence-corrected chi connectivity index (χ0v) is 24.9. The van der Waals surface area contributed by atoms with Gasteiger partial charge in [-0.3, -0.25) is 4.79 Å². The highest BCUT2D eigenvalue weighted by atomic mass is 79.9. The van der Waals surface area contributed by atoms with Gasteiger partial charge in [0.1, 0.15) is 22.3 Å². The van der Waals surface area contributed by atoms with Crippen molar-refractivity contribution in [2.24, 2.45) is 16.3 Å². The molecule has 5 nitrogen and oxygen atoms in total. The van der Waals surface area contributed by atoms with Crippen LogP contribution in [-0.2, 0) is 19.4 Å². The van der Waals surface area contributed by atoms with E-state index in [-0.39, 0.29) is 11.3 Å². The van der Waals surface area contributed by atoms with Crippen LogP contribution in [0.5, 0.6) is 0 Å². The predicted octanol–water partition coefficient (Wildman–Crippen LogP) is 8.96. The van der Waals surface area contributed by atoms with Gasteiger partial charge < -0.3 is 14.2 Å². The topological polar surface area (TPSA) is 67.7 Å². The average Bonchev–Trinajstić information content (AvgIpc) is 3.61. The molecular formula is C29H28Br2N2O3S. The van der Waals surface area contributed by atoms with Gasteiger partial charge in [0.05, 0.1) is 24.6 Å². The molecule has 0 bridgehead atoms. The Kier molecular flexibility index (Phi) is 7.61. The number of halogens is 2. The molecule has 0 fully saturated rings. The van der Waals surface area contributed by atoms with Gasteiger partial charge >= 0.3 is 0 Å². The molecule has 1 aliphatic rings. The summed E-state index contributed by atoms with van der Waals surface area (Å²) in [5, 5.41) is 3.74. The van der Waals surface area contributed by atoms with E-state index < -0.39 is 0 Å². The summed E-state index contributed by atoms with van der Waals surface area (Å²) in [6.45, 7) is 7.23. The Balaban J connectivity index is 1.44. The summed E-state index contributed by atoms with van der Waals surface area (Å²) in [6, 6.07) is 13.5. The molecule has 1 atom stereocenters. The van der Waals surface area contributed by atoms with E-state index >= 15 is 0 Å². The molecule has 0 saturated carbocycles. The fraction of sp³-hybridized carbons (Fsp3) is 0.310. The average molecular weight is 644 g/mol. The molecule has 1 aliphatic carbocycles. The summed E-state index contributed by atoms with van der Waals surface area (Å²) >= 11 is 8.74. The van der Waals surface area contributed by atoms with Crippen LogP contribution in [-0.4, -0.2) is 12.1 Å². The molecule has 0 saturated heterocycles. The smallest absolute Gasteiger partial charge is 0.255 e. The van der Waals surface area contributed by atoms with Crippen LogP contribution in [0.2, 0.25) is 0 Å². The van der Waals surface area contributed by atoms with Crippen LogP contribution >= 0.6 is 43.2 Å². The number of benzene rings is 1. The monoisotopic (exact) mass is 642 g/mol. The van der Waals surface area contributed by atoms with Crippen molar-refractivity contribution in [1.82, 2.24) is 5.32 Å². The summed E-state index contributed by atoms with van der Waals surface area (Å²) in [5.74, 6) is 2.55. The van der Waals surface area contributed by atoms with Crippen molar-refractivity contribution in [2.45, 2.75) is 46.6 Å². The molecule has 5 rings (SSSR count). The van der Waals surface area contributed by atoms with Crippen LogP contribution in [0.15, 0.2) is 71.5 Å². The fourth-order valence-electron chi connectivity index (χ4n) is 4.68. The number of rotatable bonds is 6. The van der Waals surface area contributed by atoms with E-state index in [1.165, 1.54) is 4.88 Å². The van der Waals surface area contributed by atoms with Crippen molar-refractivity contribution >= 4 is 60.3 Å². The Labute approximate surface area is 237 Å². The van der Waals surface area contributed by atoms with Crippen LogP contribution < -0.4 is 5.32 Å². The zero-order chi connectivity index (χ0) is 26.2. The maximum atomic E-state index is 13.4. The quantitative estimate of drug-likeness (QED) is 0.213. The van der Waals surface area contributed by atoms with Crippen molar-refractivity contribution in [1.29, 1.82) is 0 Å². The number of hydrogen-bond donors (Lipinski definition) is 1. The van der Waals surface area contributed by atoms with Gasteiger partial charge in [-0.1, -0.05) is 52.6 Å². The normalized spacial score (nSPS) is 15.8. The van der Waals surface area contributed by atoms with Gasteiger partial charge in [0, 0.05) is 19.4 Å². The second kappa shape index (κ2) is 10.8. The van der Waals surface area contributed by atoms with Gasteiger partial charge in [-0.25, -0.2) is 4.99 Å². The maximum absolute atomic E-state index is 13.4. The van der Waals surface area contributed by atoms with Gasteiger partial charge in [-0.15, -0.1) is 11.3 Å². The number of fused-ring (bicyclic) bond motifs is 1. The number of carbonyl (C=O) groups excluding carboxylic acids is 1.